The van der Waals surface area contributed by atoms with Gasteiger partial charge in [-0.05, 0) is 48.3 Å². The Kier molecular flexibility index (Phi) is 9.15. The highest BCUT2D eigenvalue weighted by molar-refractivity contribution is 6.73. The molecule has 1 aromatic rings. The summed E-state index contributed by atoms with van der Waals surface area (Å²) in [7, 11) is 0.0454. The highest BCUT2D eigenvalue weighted by atomic mass is 28.4. The van der Waals surface area contributed by atoms with Gasteiger partial charge in [0.2, 0.25) is 0 Å². The summed E-state index contributed by atoms with van der Waals surface area (Å²) < 4.78 is 17.7. The first-order valence-corrected chi connectivity index (χ1v) is 11.6. The molecule has 24 heavy (non-hydrogen) atoms. The van der Waals surface area contributed by atoms with Crippen molar-refractivity contribution in [3.63, 3.8) is 0 Å². The lowest BCUT2D eigenvalue weighted by Crippen LogP contribution is -2.42. The molecule has 1 aromatic carbocycles. The predicted molar refractivity (Wildman–Crippen MR) is 105 cm³/mol. The van der Waals surface area contributed by atoms with E-state index in [2.05, 4.69) is 34.3 Å². The van der Waals surface area contributed by atoms with Crippen LogP contribution in [0, 0.1) is 5.92 Å². The molecule has 0 spiro atoms. The van der Waals surface area contributed by atoms with Gasteiger partial charge < -0.3 is 13.9 Å². The minimum atomic E-state index is -1.62. The molecule has 0 aromatic heterocycles. The van der Waals surface area contributed by atoms with Gasteiger partial charge >= 0.3 is 0 Å². The maximum atomic E-state index is 6.68. The number of ether oxygens (including phenoxy) is 2. The molecule has 0 saturated heterocycles. The summed E-state index contributed by atoms with van der Waals surface area (Å²) in [5, 5.41) is 0. The summed E-state index contributed by atoms with van der Waals surface area (Å²) in [4.78, 5) is 0. The number of hydrogen-bond donors (Lipinski definition) is 0. The molecular weight excluding hydrogens is 316 g/mol. The molecule has 0 bridgehead atoms. The van der Waals surface area contributed by atoms with Crippen LogP contribution >= 0.6 is 0 Å². The van der Waals surface area contributed by atoms with Crippen molar-refractivity contribution in [3.05, 3.63) is 36.9 Å². The van der Waals surface area contributed by atoms with Crippen molar-refractivity contribution in [1.82, 2.24) is 0 Å². The average Bonchev–Trinajstić information content (AvgIpc) is 2.64. The van der Waals surface area contributed by atoms with E-state index >= 15 is 0 Å². The van der Waals surface area contributed by atoms with E-state index in [-0.39, 0.29) is 6.10 Å². The zero-order valence-electron chi connectivity index (χ0n) is 16.0. The van der Waals surface area contributed by atoms with Crippen molar-refractivity contribution < 1.29 is 13.9 Å². The third kappa shape index (κ3) is 5.99. The van der Waals surface area contributed by atoms with Crippen molar-refractivity contribution in [2.75, 3.05) is 13.7 Å². The fourth-order valence-corrected chi connectivity index (χ4v) is 5.84. The number of benzene rings is 1. The molecule has 136 valence electrons. The lowest BCUT2D eigenvalue weighted by atomic mass is 10.0. The Labute approximate surface area is 149 Å². The van der Waals surface area contributed by atoms with Gasteiger partial charge in [0.05, 0.1) is 19.8 Å². The summed E-state index contributed by atoms with van der Waals surface area (Å²) in [6, 6.07) is 11.2. The summed E-state index contributed by atoms with van der Waals surface area (Å²) in [5.74, 6) is 2.04. The van der Waals surface area contributed by atoms with Gasteiger partial charge in [0.25, 0.3) is 0 Å². The summed E-state index contributed by atoms with van der Waals surface area (Å²) >= 11 is 0. The summed E-state index contributed by atoms with van der Waals surface area (Å²) in [6.07, 6.45) is 3.07. The van der Waals surface area contributed by atoms with E-state index in [1.807, 2.05) is 30.3 Å². The van der Waals surface area contributed by atoms with Gasteiger partial charge in [-0.1, -0.05) is 33.8 Å². The Balaban J connectivity index is 2.63. The molecule has 0 aliphatic carbocycles. The molecular formula is C20H34O3Si. The van der Waals surface area contributed by atoms with Crippen LogP contribution in [0.5, 0.6) is 11.5 Å². The standard InChI is InChI=1S/C20H34O3Si/c1-7-17(5)20(23-24(8-2,9-3)10-4)15-16-22-19-13-11-18(21-6)12-14-19/h7,11-14,17,20H,1,8-10,15-16H2,2-6H3/t17-,20+/m0/s1. The first-order chi connectivity index (χ1) is 11.5. The molecule has 0 saturated carbocycles. The zero-order valence-corrected chi connectivity index (χ0v) is 17.0. The zero-order chi connectivity index (χ0) is 18.0. The molecule has 0 amide bonds. The highest BCUT2D eigenvalue weighted by Crippen LogP contribution is 2.27. The molecule has 1 rings (SSSR count). The number of rotatable bonds is 12. The van der Waals surface area contributed by atoms with Crippen LogP contribution < -0.4 is 9.47 Å². The molecule has 0 aliphatic heterocycles. The Morgan fingerprint density at radius 2 is 1.58 bits per heavy atom. The van der Waals surface area contributed by atoms with Gasteiger partial charge in [0.15, 0.2) is 8.32 Å². The van der Waals surface area contributed by atoms with Crippen LogP contribution in [-0.2, 0) is 4.43 Å². The van der Waals surface area contributed by atoms with Crippen molar-refractivity contribution in [1.29, 1.82) is 0 Å². The lowest BCUT2D eigenvalue weighted by Gasteiger charge is -2.35. The van der Waals surface area contributed by atoms with Gasteiger partial charge in [0.1, 0.15) is 11.5 Å². The third-order valence-corrected chi connectivity index (χ3v) is 9.69. The van der Waals surface area contributed by atoms with Crippen molar-refractivity contribution in [2.45, 2.75) is 58.4 Å². The minimum Gasteiger partial charge on any atom is -0.497 e. The second kappa shape index (κ2) is 10.6. The largest absolute Gasteiger partial charge is 0.497 e. The van der Waals surface area contributed by atoms with Crippen LogP contribution in [0.4, 0.5) is 0 Å². The molecule has 0 heterocycles. The topological polar surface area (TPSA) is 27.7 Å². The quantitative estimate of drug-likeness (QED) is 0.359. The van der Waals surface area contributed by atoms with E-state index < -0.39 is 8.32 Å². The molecule has 4 heteroatoms. The van der Waals surface area contributed by atoms with E-state index in [0.717, 1.165) is 17.9 Å². The van der Waals surface area contributed by atoms with E-state index in [4.69, 9.17) is 13.9 Å². The van der Waals surface area contributed by atoms with Crippen LogP contribution in [-0.4, -0.2) is 28.1 Å². The van der Waals surface area contributed by atoms with Gasteiger partial charge in [-0.2, -0.15) is 0 Å². The molecule has 0 N–H and O–H groups in total. The molecule has 3 nitrogen and oxygen atoms in total. The summed E-state index contributed by atoms with van der Waals surface area (Å²) in [5.41, 5.74) is 0. The van der Waals surface area contributed by atoms with Crippen LogP contribution in [0.15, 0.2) is 36.9 Å². The normalized spacial score (nSPS) is 14.0. The number of methoxy groups -OCH3 is 1. The average molecular weight is 351 g/mol. The van der Waals surface area contributed by atoms with E-state index in [9.17, 15) is 0 Å². The van der Waals surface area contributed by atoms with Crippen molar-refractivity contribution >= 4 is 8.32 Å². The fourth-order valence-electron chi connectivity index (χ4n) is 2.87. The number of hydrogen-bond acceptors (Lipinski definition) is 3. The van der Waals surface area contributed by atoms with E-state index in [1.165, 1.54) is 18.1 Å². The van der Waals surface area contributed by atoms with Gasteiger partial charge in [0, 0.05) is 6.42 Å². The van der Waals surface area contributed by atoms with Crippen LogP contribution in [0.1, 0.15) is 34.1 Å². The van der Waals surface area contributed by atoms with Gasteiger partial charge in [-0.3, -0.25) is 0 Å². The minimum absolute atomic E-state index is 0.187. The summed E-state index contributed by atoms with van der Waals surface area (Å²) in [6.45, 7) is 13.6. The van der Waals surface area contributed by atoms with E-state index in [0.29, 0.717) is 12.5 Å². The molecule has 2 atom stereocenters. The van der Waals surface area contributed by atoms with E-state index in [1.54, 1.807) is 7.11 Å². The smallest absolute Gasteiger partial charge is 0.192 e. The van der Waals surface area contributed by atoms with Crippen molar-refractivity contribution in [3.8, 4) is 11.5 Å². The van der Waals surface area contributed by atoms with Gasteiger partial charge in [-0.25, -0.2) is 0 Å². The molecule has 0 fully saturated rings. The first-order valence-electron chi connectivity index (χ1n) is 9.11. The van der Waals surface area contributed by atoms with Crippen molar-refractivity contribution in [2.24, 2.45) is 5.92 Å². The monoisotopic (exact) mass is 350 g/mol. The van der Waals surface area contributed by atoms with Crippen LogP contribution in [0.25, 0.3) is 0 Å². The first kappa shape index (κ1) is 20.8. The third-order valence-electron chi connectivity index (χ3n) is 5.02. The Morgan fingerprint density at radius 1 is 1.04 bits per heavy atom. The molecule has 0 aliphatic rings. The Morgan fingerprint density at radius 3 is 2.04 bits per heavy atom. The Hall–Kier alpha value is -1.26. The van der Waals surface area contributed by atoms with Gasteiger partial charge in [-0.15, -0.1) is 6.58 Å². The molecule has 0 radical (unpaired) electrons. The van der Waals surface area contributed by atoms with Crippen LogP contribution in [0.3, 0.4) is 0 Å². The second-order valence-electron chi connectivity index (χ2n) is 6.31. The Bertz CT molecular complexity index is 460. The maximum Gasteiger partial charge on any atom is 0.192 e. The molecule has 0 unspecified atom stereocenters. The highest BCUT2D eigenvalue weighted by Gasteiger charge is 2.33. The second-order valence-corrected chi connectivity index (χ2v) is 11.0. The lowest BCUT2D eigenvalue weighted by molar-refractivity contribution is 0.119. The predicted octanol–water partition coefficient (Wildman–Crippen LogP) is 5.68. The SMILES string of the molecule is C=C[C@H](C)[C@@H](CCOc1ccc(OC)cc1)O[Si](CC)(CC)CC. The fraction of sp³-hybridized carbons (Fsp3) is 0.600. The maximum absolute atomic E-state index is 6.68. The van der Waals surface area contributed by atoms with Crippen LogP contribution in [0.2, 0.25) is 18.1 Å².